The molecule has 3 nitrogen and oxygen atoms in total. The molecular weight excluding hydrogens is 166 g/mol. The van der Waals surface area contributed by atoms with Crippen LogP contribution in [0, 0.1) is 13.8 Å². The highest BCUT2D eigenvalue weighted by Crippen LogP contribution is 2.40. The van der Waals surface area contributed by atoms with Crippen LogP contribution in [0.25, 0.3) is 0 Å². The van der Waals surface area contributed by atoms with Crippen LogP contribution in [-0.4, -0.2) is 11.7 Å². The van der Waals surface area contributed by atoms with Crippen molar-refractivity contribution in [1.29, 1.82) is 0 Å². The summed E-state index contributed by atoms with van der Waals surface area (Å²) in [5.41, 5.74) is 8.49. The molecule has 0 spiro atoms. The molecule has 13 heavy (non-hydrogen) atoms. The number of aromatic hydroxyl groups is 1. The van der Waals surface area contributed by atoms with Crippen molar-refractivity contribution in [3.05, 3.63) is 22.8 Å². The van der Waals surface area contributed by atoms with Gasteiger partial charge in [0.2, 0.25) is 0 Å². The quantitative estimate of drug-likeness (QED) is 0.633. The van der Waals surface area contributed by atoms with Crippen molar-refractivity contribution in [2.24, 2.45) is 5.73 Å². The van der Waals surface area contributed by atoms with Gasteiger partial charge in [0.1, 0.15) is 18.1 Å². The zero-order valence-corrected chi connectivity index (χ0v) is 7.79. The molecule has 3 N–H and O–H groups in total. The zero-order valence-electron chi connectivity index (χ0n) is 7.79. The first-order valence-corrected chi connectivity index (χ1v) is 4.32. The molecular formula is C10H13NO2. The van der Waals surface area contributed by atoms with Gasteiger partial charge in [0.15, 0.2) is 0 Å². The van der Waals surface area contributed by atoms with Gasteiger partial charge in [-0.3, -0.25) is 0 Å². The number of rotatable bonds is 0. The zero-order chi connectivity index (χ0) is 9.59. The van der Waals surface area contributed by atoms with Crippen LogP contribution in [0.2, 0.25) is 0 Å². The minimum atomic E-state index is -0.0481. The average Bonchev–Trinajstić information content (AvgIpc) is 2.45. The summed E-state index contributed by atoms with van der Waals surface area (Å²) in [5.74, 6) is 1.07. The molecule has 1 aliphatic rings. The maximum Gasteiger partial charge on any atom is 0.130 e. The van der Waals surface area contributed by atoms with Crippen molar-refractivity contribution in [3.63, 3.8) is 0 Å². The molecule has 0 aliphatic carbocycles. The molecule has 2 rings (SSSR count). The Morgan fingerprint density at radius 3 is 2.92 bits per heavy atom. The molecule has 0 saturated carbocycles. The smallest absolute Gasteiger partial charge is 0.130 e. The molecule has 0 aromatic heterocycles. The summed E-state index contributed by atoms with van der Waals surface area (Å²) < 4.78 is 5.39. The predicted molar refractivity (Wildman–Crippen MR) is 50.0 cm³/mol. The van der Waals surface area contributed by atoms with E-state index >= 15 is 0 Å². The minimum absolute atomic E-state index is 0.0481. The highest BCUT2D eigenvalue weighted by Gasteiger charge is 2.24. The van der Waals surface area contributed by atoms with Crippen LogP contribution in [0.1, 0.15) is 22.7 Å². The molecule has 3 heteroatoms. The molecule has 0 bridgehead atoms. The van der Waals surface area contributed by atoms with Crippen LogP contribution in [0.15, 0.2) is 6.07 Å². The molecule has 1 atom stereocenters. The molecule has 70 valence electrons. The lowest BCUT2D eigenvalue weighted by Crippen LogP contribution is -2.10. The monoisotopic (exact) mass is 179 g/mol. The highest BCUT2D eigenvalue weighted by atomic mass is 16.5. The first-order valence-electron chi connectivity index (χ1n) is 4.32. The summed E-state index contributed by atoms with van der Waals surface area (Å²) in [6.07, 6.45) is 0. The molecule has 0 unspecified atom stereocenters. The maximum absolute atomic E-state index is 9.64. The van der Waals surface area contributed by atoms with Gasteiger partial charge in [-0.1, -0.05) is 0 Å². The summed E-state index contributed by atoms with van der Waals surface area (Å²) in [4.78, 5) is 0. The van der Waals surface area contributed by atoms with Gasteiger partial charge in [0.05, 0.1) is 6.04 Å². The standard InChI is InChI=1S/C10H13NO2/c1-5-3-7-8(11)4-13-10(7)6(2)9(5)12/h3,8,12H,4,11H2,1-2H3/t8-/m1/s1. The van der Waals surface area contributed by atoms with Gasteiger partial charge in [-0.2, -0.15) is 0 Å². The van der Waals surface area contributed by atoms with E-state index < -0.39 is 0 Å². The summed E-state index contributed by atoms with van der Waals surface area (Å²) >= 11 is 0. The molecule has 0 radical (unpaired) electrons. The molecule has 1 aromatic rings. The molecule has 0 saturated heterocycles. The van der Waals surface area contributed by atoms with Gasteiger partial charge in [-0.05, 0) is 25.5 Å². The van der Waals surface area contributed by atoms with E-state index in [0.29, 0.717) is 12.4 Å². The van der Waals surface area contributed by atoms with E-state index in [1.54, 1.807) is 0 Å². The fourth-order valence-corrected chi connectivity index (χ4v) is 1.72. The van der Waals surface area contributed by atoms with Gasteiger partial charge in [-0.15, -0.1) is 0 Å². The van der Waals surface area contributed by atoms with Gasteiger partial charge in [0.25, 0.3) is 0 Å². The lowest BCUT2D eigenvalue weighted by molar-refractivity contribution is 0.329. The average molecular weight is 179 g/mol. The second-order valence-corrected chi connectivity index (χ2v) is 3.50. The fourth-order valence-electron chi connectivity index (χ4n) is 1.72. The van der Waals surface area contributed by atoms with E-state index in [0.717, 1.165) is 22.4 Å². The van der Waals surface area contributed by atoms with Crippen molar-refractivity contribution in [2.75, 3.05) is 6.61 Å². The Morgan fingerprint density at radius 1 is 1.54 bits per heavy atom. The SMILES string of the molecule is Cc1cc2c(c(C)c1O)OC[C@H]2N. The predicted octanol–water partition coefficient (Wildman–Crippen LogP) is 1.40. The number of hydrogen-bond donors (Lipinski definition) is 2. The van der Waals surface area contributed by atoms with Gasteiger partial charge < -0.3 is 15.6 Å². The Bertz CT molecular complexity index is 360. The number of phenols is 1. The highest BCUT2D eigenvalue weighted by molar-refractivity contribution is 5.55. The van der Waals surface area contributed by atoms with Crippen molar-refractivity contribution >= 4 is 0 Å². The van der Waals surface area contributed by atoms with Crippen LogP contribution in [0.4, 0.5) is 0 Å². The Kier molecular flexibility index (Phi) is 1.70. The number of nitrogens with two attached hydrogens (primary N) is 1. The van der Waals surface area contributed by atoms with Crippen LogP contribution >= 0.6 is 0 Å². The van der Waals surface area contributed by atoms with Crippen LogP contribution in [0.3, 0.4) is 0 Å². The summed E-state index contributed by atoms with van der Waals surface area (Å²) in [7, 11) is 0. The Hall–Kier alpha value is -1.22. The summed E-state index contributed by atoms with van der Waals surface area (Å²) in [6.45, 7) is 4.23. The number of fused-ring (bicyclic) bond motifs is 1. The second-order valence-electron chi connectivity index (χ2n) is 3.50. The van der Waals surface area contributed by atoms with Crippen LogP contribution < -0.4 is 10.5 Å². The molecule has 1 heterocycles. The van der Waals surface area contributed by atoms with E-state index in [1.807, 2.05) is 19.9 Å². The molecule has 0 amide bonds. The number of aryl methyl sites for hydroxylation is 1. The van der Waals surface area contributed by atoms with Crippen LogP contribution in [0.5, 0.6) is 11.5 Å². The van der Waals surface area contributed by atoms with Crippen molar-refractivity contribution in [1.82, 2.24) is 0 Å². The lowest BCUT2D eigenvalue weighted by Gasteiger charge is -2.08. The molecule has 1 aromatic carbocycles. The molecule has 1 aliphatic heterocycles. The van der Waals surface area contributed by atoms with Gasteiger partial charge >= 0.3 is 0 Å². The number of hydrogen-bond acceptors (Lipinski definition) is 3. The number of benzene rings is 1. The third kappa shape index (κ3) is 1.08. The number of ether oxygens (including phenoxy) is 1. The van der Waals surface area contributed by atoms with Gasteiger partial charge in [-0.25, -0.2) is 0 Å². The van der Waals surface area contributed by atoms with E-state index in [4.69, 9.17) is 10.5 Å². The normalized spacial score (nSPS) is 19.8. The first kappa shape index (κ1) is 8.38. The summed E-state index contributed by atoms with van der Waals surface area (Å²) in [6, 6.07) is 1.85. The maximum atomic E-state index is 9.64. The minimum Gasteiger partial charge on any atom is -0.507 e. The third-order valence-corrected chi connectivity index (χ3v) is 2.51. The van der Waals surface area contributed by atoms with Crippen molar-refractivity contribution in [2.45, 2.75) is 19.9 Å². The summed E-state index contributed by atoms with van der Waals surface area (Å²) in [5, 5.41) is 9.64. The lowest BCUT2D eigenvalue weighted by atomic mass is 10.0. The first-order chi connectivity index (χ1) is 6.11. The Morgan fingerprint density at radius 2 is 2.23 bits per heavy atom. The van der Waals surface area contributed by atoms with E-state index in [-0.39, 0.29) is 6.04 Å². The van der Waals surface area contributed by atoms with E-state index in [9.17, 15) is 5.11 Å². The fraction of sp³-hybridized carbons (Fsp3) is 0.400. The van der Waals surface area contributed by atoms with Crippen molar-refractivity contribution < 1.29 is 9.84 Å². The number of phenolic OH excluding ortho intramolecular Hbond substituents is 1. The van der Waals surface area contributed by atoms with E-state index in [1.165, 1.54) is 0 Å². The molecule has 0 fully saturated rings. The Balaban J connectivity index is 2.67. The van der Waals surface area contributed by atoms with Crippen molar-refractivity contribution in [3.8, 4) is 11.5 Å². The second kappa shape index (κ2) is 2.64. The van der Waals surface area contributed by atoms with E-state index in [2.05, 4.69) is 0 Å². The topological polar surface area (TPSA) is 55.5 Å². The Labute approximate surface area is 77.1 Å². The largest absolute Gasteiger partial charge is 0.507 e. The van der Waals surface area contributed by atoms with Crippen LogP contribution in [-0.2, 0) is 0 Å². The third-order valence-electron chi connectivity index (χ3n) is 2.51. The van der Waals surface area contributed by atoms with Gasteiger partial charge in [0, 0.05) is 11.1 Å².